The van der Waals surface area contributed by atoms with Gasteiger partial charge in [0, 0.05) is 24.2 Å². The summed E-state index contributed by atoms with van der Waals surface area (Å²) in [7, 11) is 1.60. The predicted molar refractivity (Wildman–Crippen MR) is 126 cm³/mol. The summed E-state index contributed by atoms with van der Waals surface area (Å²) in [6.45, 7) is 0.646. The Balaban J connectivity index is 0.00000320. The van der Waals surface area contributed by atoms with Gasteiger partial charge in [-0.15, -0.1) is 46.7 Å². The van der Waals surface area contributed by atoms with Gasteiger partial charge in [-0.2, -0.15) is 13.2 Å². The summed E-state index contributed by atoms with van der Waals surface area (Å²) in [4.78, 5) is 12.3. The van der Waals surface area contributed by atoms with Gasteiger partial charge in [-0.05, 0) is 12.0 Å². The lowest BCUT2D eigenvalue weighted by Crippen LogP contribution is -2.36. The van der Waals surface area contributed by atoms with Crippen molar-refractivity contribution >= 4 is 52.6 Å². The lowest BCUT2D eigenvalue weighted by Gasteiger charge is -2.09. The molecule has 0 saturated carbocycles. The molecule has 0 aliphatic heterocycles. The van der Waals surface area contributed by atoms with Crippen LogP contribution in [-0.2, 0) is 32.1 Å². The summed E-state index contributed by atoms with van der Waals surface area (Å²) in [5.74, 6) is 0.479. The van der Waals surface area contributed by atoms with Crippen LogP contribution < -0.4 is 10.6 Å². The third kappa shape index (κ3) is 7.51. The van der Waals surface area contributed by atoms with Crippen LogP contribution in [0.5, 0.6) is 0 Å². The molecule has 5 nitrogen and oxygen atoms in total. The van der Waals surface area contributed by atoms with Crippen molar-refractivity contribution in [2.45, 2.75) is 32.1 Å². The molecule has 11 heteroatoms. The van der Waals surface area contributed by atoms with Crippen LogP contribution in [0.1, 0.15) is 27.0 Å². The van der Waals surface area contributed by atoms with E-state index < -0.39 is 11.9 Å². The molecule has 0 radical (unpaired) electrons. The number of thiazole rings is 2. The van der Waals surface area contributed by atoms with E-state index in [1.54, 1.807) is 18.4 Å². The van der Waals surface area contributed by atoms with E-state index >= 15 is 0 Å². The van der Waals surface area contributed by atoms with Crippen LogP contribution in [0, 0.1) is 0 Å². The maximum atomic E-state index is 12.6. The zero-order valence-corrected chi connectivity index (χ0v) is 20.0. The number of benzene rings is 1. The Morgan fingerprint density at radius 2 is 1.67 bits per heavy atom. The summed E-state index contributed by atoms with van der Waals surface area (Å²) >= 11 is 2.58. The zero-order chi connectivity index (χ0) is 20.7. The fourth-order valence-corrected chi connectivity index (χ4v) is 4.06. The van der Waals surface area contributed by atoms with Crippen molar-refractivity contribution in [1.29, 1.82) is 0 Å². The number of guanidine groups is 1. The van der Waals surface area contributed by atoms with E-state index in [0.717, 1.165) is 40.3 Å². The van der Waals surface area contributed by atoms with Crippen LogP contribution in [0.3, 0.4) is 0 Å². The van der Waals surface area contributed by atoms with Gasteiger partial charge in [0.1, 0.15) is 5.01 Å². The Labute approximate surface area is 197 Å². The number of rotatable bonds is 7. The molecule has 2 heterocycles. The predicted octanol–water partition coefficient (Wildman–Crippen LogP) is 4.89. The standard InChI is InChI=1S/C19H20F3N5S2.HI/c1-23-18(25-10-17-27-15(12-29-17)19(20,21)22)24-9-14-11-28-16(26-14)8-7-13-5-3-2-4-6-13;/h2-6,11-12H,7-10H2,1H3,(H2,23,24,25);1H. The molecule has 0 amide bonds. The van der Waals surface area contributed by atoms with Gasteiger partial charge in [-0.3, -0.25) is 4.99 Å². The molecule has 0 atom stereocenters. The van der Waals surface area contributed by atoms with E-state index in [9.17, 15) is 13.2 Å². The zero-order valence-electron chi connectivity index (χ0n) is 16.1. The van der Waals surface area contributed by atoms with Crippen LogP contribution in [0.4, 0.5) is 13.2 Å². The Hall–Kier alpha value is -1.73. The maximum absolute atomic E-state index is 12.6. The minimum Gasteiger partial charge on any atom is -0.351 e. The molecule has 0 aliphatic carbocycles. The minimum absolute atomic E-state index is 0. The van der Waals surface area contributed by atoms with E-state index in [4.69, 9.17) is 0 Å². The van der Waals surface area contributed by atoms with Crippen molar-refractivity contribution in [2.24, 2.45) is 4.99 Å². The number of nitrogens with one attached hydrogen (secondary N) is 2. The maximum Gasteiger partial charge on any atom is 0.434 e. The van der Waals surface area contributed by atoms with E-state index in [0.29, 0.717) is 17.5 Å². The van der Waals surface area contributed by atoms with E-state index in [1.165, 1.54) is 5.56 Å². The summed E-state index contributed by atoms with van der Waals surface area (Å²) in [5.41, 5.74) is 1.31. The molecule has 162 valence electrons. The van der Waals surface area contributed by atoms with Gasteiger partial charge < -0.3 is 10.6 Å². The molecular weight excluding hydrogens is 546 g/mol. The number of nitrogens with zero attached hydrogens (tertiary/aromatic N) is 3. The first-order chi connectivity index (χ1) is 13.9. The third-order valence-corrected chi connectivity index (χ3v) is 5.79. The highest BCUT2D eigenvalue weighted by Crippen LogP contribution is 2.29. The summed E-state index contributed by atoms with van der Waals surface area (Å²) < 4.78 is 37.8. The van der Waals surface area contributed by atoms with Crippen LogP contribution in [-0.4, -0.2) is 23.0 Å². The van der Waals surface area contributed by atoms with Crippen molar-refractivity contribution in [3.8, 4) is 0 Å². The number of hydrogen-bond acceptors (Lipinski definition) is 5. The lowest BCUT2D eigenvalue weighted by molar-refractivity contribution is -0.140. The number of aliphatic imine (C=N–C) groups is 1. The average Bonchev–Trinajstić information content (AvgIpc) is 3.37. The second-order valence-electron chi connectivity index (χ2n) is 6.12. The SMILES string of the molecule is CN=C(NCc1csc(CCc2ccccc2)n1)NCc1nc(C(F)(F)F)cs1.I. The molecule has 0 aliphatic rings. The molecule has 0 saturated heterocycles. The second-order valence-corrected chi connectivity index (χ2v) is 8.01. The first-order valence-corrected chi connectivity index (χ1v) is 10.6. The summed E-state index contributed by atoms with van der Waals surface area (Å²) in [6, 6.07) is 10.3. The fraction of sp³-hybridized carbons (Fsp3) is 0.316. The first-order valence-electron chi connectivity index (χ1n) is 8.87. The highest BCUT2D eigenvalue weighted by atomic mass is 127. The fourth-order valence-electron chi connectivity index (χ4n) is 2.52. The van der Waals surface area contributed by atoms with Crippen molar-refractivity contribution in [3.05, 3.63) is 68.1 Å². The Morgan fingerprint density at radius 3 is 2.33 bits per heavy atom. The minimum atomic E-state index is -4.42. The van der Waals surface area contributed by atoms with E-state index in [-0.39, 0.29) is 30.5 Å². The van der Waals surface area contributed by atoms with Crippen LogP contribution >= 0.6 is 46.7 Å². The van der Waals surface area contributed by atoms with Gasteiger partial charge in [0.2, 0.25) is 0 Å². The van der Waals surface area contributed by atoms with Crippen molar-refractivity contribution in [2.75, 3.05) is 7.05 Å². The summed E-state index contributed by atoms with van der Waals surface area (Å²) in [6.07, 6.45) is -2.59. The van der Waals surface area contributed by atoms with Crippen molar-refractivity contribution in [3.63, 3.8) is 0 Å². The monoisotopic (exact) mass is 567 g/mol. The van der Waals surface area contributed by atoms with Crippen molar-refractivity contribution in [1.82, 2.24) is 20.6 Å². The molecule has 30 heavy (non-hydrogen) atoms. The number of aromatic nitrogens is 2. The van der Waals surface area contributed by atoms with Gasteiger partial charge in [-0.25, -0.2) is 9.97 Å². The van der Waals surface area contributed by atoms with Crippen LogP contribution in [0.15, 0.2) is 46.1 Å². The van der Waals surface area contributed by atoms with Crippen molar-refractivity contribution < 1.29 is 13.2 Å². The van der Waals surface area contributed by atoms with Crippen LogP contribution in [0.25, 0.3) is 0 Å². The molecule has 2 aromatic heterocycles. The van der Waals surface area contributed by atoms with Gasteiger partial charge in [-0.1, -0.05) is 30.3 Å². The summed E-state index contributed by atoms with van der Waals surface area (Å²) in [5, 5.41) is 10.5. The highest BCUT2D eigenvalue weighted by molar-refractivity contribution is 14.0. The number of alkyl halides is 3. The molecule has 0 fully saturated rings. The van der Waals surface area contributed by atoms with Gasteiger partial charge in [0.05, 0.1) is 23.8 Å². The quantitative estimate of drug-likeness (QED) is 0.243. The molecule has 2 N–H and O–H groups in total. The topological polar surface area (TPSA) is 62.2 Å². The largest absolute Gasteiger partial charge is 0.434 e. The second kappa shape index (κ2) is 11.6. The molecule has 0 unspecified atom stereocenters. The van der Waals surface area contributed by atoms with E-state index in [2.05, 4.69) is 37.7 Å². The third-order valence-electron chi connectivity index (χ3n) is 3.98. The Kier molecular flexibility index (Phi) is 9.49. The molecular formula is C19H21F3IN5S2. The van der Waals surface area contributed by atoms with Crippen LogP contribution in [0.2, 0.25) is 0 Å². The molecule has 3 aromatic rings. The Morgan fingerprint density at radius 1 is 0.967 bits per heavy atom. The molecule has 1 aromatic carbocycles. The molecule has 3 rings (SSSR count). The number of aryl methyl sites for hydroxylation is 2. The van der Waals surface area contributed by atoms with Gasteiger partial charge in [0.25, 0.3) is 0 Å². The van der Waals surface area contributed by atoms with Gasteiger partial charge >= 0.3 is 6.18 Å². The van der Waals surface area contributed by atoms with Gasteiger partial charge in [0.15, 0.2) is 11.7 Å². The number of halogens is 4. The highest BCUT2D eigenvalue weighted by Gasteiger charge is 2.33. The van der Waals surface area contributed by atoms with E-state index in [1.807, 2.05) is 23.6 Å². The lowest BCUT2D eigenvalue weighted by atomic mass is 10.1. The molecule has 0 spiro atoms. The first kappa shape index (κ1) is 24.5. The Bertz CT molecular complexity index is 941. The molecule has 0 bridgehead atoms. The average molecular weight is 567 g/mol. The smallest absolute Gasteiger partial charge is 0.351 e. The normalized spacial score (nSPS) is 11.8. The number of hydrogen-bond donors (Lipinski definition) is 2.